The van der Waals surface area contributed by atoms with Gasteiger partial charge in [0.25, 0.3) is 11.6 Å². The molecule has 0 aliphatic heterocycles. The Balaban J connectivity index is 2.35. The van der Waals surface area contributed by atoms with Gasteiger partial charge in [-0.15, -0.1) is 11.3 Å². The minimum Gasteiger partial charge on any atom is -0.392 e. The Morgan fingerprint density at radius 3 is 2.84 bits per heavy atom. The fourth-order valence-corrected chi connectivity index (χ4v) is 2.08. The maximum atomic E-state index is 11.9. The molecule has 9 heteroatoms. The van der Waals surface area contributed by atoms with Gasteiger partial charge < -0.3 is 5.73 Å². The minimum atomic E-state index is -0.693. The van der Waals surface area contributed by atoms with E-state index in [2.05, 4.69) is 10.3 Å². The van der Waals surface area contributed by atoms with Crippen LogP contribution in [0.1, 0.15) is 10.4 Å². The summed E-state index contributed by atoms with van der Waals surface area (Å²) in [5, 5.41) is 15.3. The molecule has 7 nitrogen and oxygen atoms in total. The highest BCUT2D eigenvalue weighted by atomic mass is 35.5. The Bertz CT molecular complexity index is 644. The Kier molecular flexibility index (Phi) is 3.63. The number of nitrogens with two attached hydrogens (primary N) is 1. The quantitative estimate of drug-likeness (QED) is 0.514. The zero-order valence-corrected chi connectivity index (χ0v) is 10.9. The molecular weight excluding hydrogens is 292 g/mol. The lowest BCUT2D eigenvalue weighted by Gasteiger charge is -2.05. The van der Waals surface area contributed by atoms with E-state index < -0.39 is 16.5 Å². The summed E-state index contributed by atoms with van der Waals surface area (Å²) in [6.07, 6.45) is 1.53. The first-order chi connectivity index (χ1) is 8.99. The van der Waals surface area contributed by atoms with E-state index in [0.29, 0.717) is 5.13 Å². The third kappa shape index (κ3) is 2.80. The van der Waals surface area contributed by atoms with Gasteiger partial charge in [0.2, 0.25) is 0 Å². The second kappa shape index (κ2) is 5.21. The fraction of sp³-hybridized carbons (Fsp3) is 0. The number of benzene rings is 1. The molecule has 0 unspecified atom stereocenters. The molecular formula is C10H7ClN4O3S. The summed E-state index contributed by atoms with van der Waals surface area (Å²) >= 11 is 7.00. The smallest absolute Gasteiger partial charge is 0.294 e. The van der Waals surface area contributed by atoms with Gasteiger partial charge in [0.1, 0.15) is 5.69 Å². The molecule has 0 spiro atoms. The summed E-state index contributed by atoms with van der Waals surface area (Å²) < 4.78 is 0. The van der Waals surface area contributed by atoms with Crippen molar-refractivity contribution in [1.29, 1.82) is 0 Å². The van der Waals surface area contributed by atoms with E-state index in [1.807, 2.05) is 0 Å². The Hall–Kier alpha value is -2.19. The van der Waals surface area contributed by atoms with Crippen molar-refractivity contribution >= 4 is 45.4 Å². The van der Waals surface area contributed by atoms with Crippen molar-refractivity contribution in [3.05, 3.63) is 44.4 Å². The first kappa shape index (κ1) is 13.2. The van der Waals surface area contributed by atoms with E-state index in [1.165, 1.54) is 23.6 Å². The van der Waals surface area contributed by atoms with Crippen LogP contribution in [0.2, 0.25) is 5.02 Å². The Morgan fingerprint density at radius 2 is 2.26 bits per heavy atom. The minimum absolute atomic E-state index is 0.0427. The lowest BCUT2D eigenvalue weighted by atomic mass is 10.1. The normalized spacial score (nSPS) is 10.2. The number of hydrogen-bond donors (Lipinski definition) is 2. The van der Waals surface area contributed by atoms with E-state index in [4.69, 9.17) is 17.3 Å². The molecule has 1 heterocycles. The van der Waals surface area contributed by atoms with Gasteiger partial charge in [0, 0.05) is 23.2 Å². The van der Waals surface area contributed by atoms with E-state index in [1.54, 1.807) is 5.38 Å². The summed E-state index contributed by atoms with van der Waals surface area (Å²) in [6, 6.07) is 2.34. The fourth-order valence-electron chi connectivity index (χ4n) is 1.34. The van der Waals surface area contributed by atoms with Crippen molar-refractivity contribution in [2.45, 2.75) is 0 Å². The highest BCUT2D eigenvalue weighted by Crippen LogP contribution is 2.31. The molecule has 0 aliphatic rings. The SMILES string of the molecule is Nc1c(Cl)cc(C(=O)Nc2nccs2)cc1[N+](=O)[O-]. The summed E-state index contributed by atoms with van der Waals surface area (Å²) in [4.78, 5) is 25.9. The number of nitro groups is 1. The molecule has 0 fully saturated rings. The molecule has 98 valence electrons. The van der Waals surface area contributed by atoms with Crippen molar-refractivity contribution in [3.63, 3.8) is 0 Å². The number of rotatable bonds is 3. The van der Waals surface area contributed by atoms with E-state index in [0.717, 1.165) is 6.07 Å². The van der Waals surface area contributed by atoms with Gasteiger partial charge in [-0.05, 0) is 6.07 Å². The van der Waals surface area contributed by atoms with Crippen LogP contribution in [0.25, 0.3) is 0 Å². The van der Waals surface area contributed by atoms with Crippen molar-refractivity contribution in [1.82, 2.24) is 4.98 Å². The van der Waals surface area contributed by atoms with Crippen LogP contribution in [0.5, 0.6) is 0 Å². The first-order valence-electron chi connectivity index (χ1n) is 4.93. The van der Waals surface area contributed by atoms with Gasteiger partial charge in [-0.1, -0.05) is 11.6 Å². The number of aromatic nitrogens is 1. The van der Waals surface area contributed by atoms with Gasteiger partial charge in [0.15, 0.2) is 5.13 Å². The maximum Gasteiger partial charge on any atom is 0.294 e. The highest BCUT2D eigenvalue weighted by molar-refractivity contribution is 7.13. The molecule has 19 heavy (non-hydrogen) atoms. The van der Waals surface area contributed by atoms with Crippen molar-refractivity contribution in [2.24, 2.45) is 0 Å². The van der Waals surface area contributed by atoms with Crippen molar-refractivity contribution in [2.75, 3.05) is 11.1 Å². The number of hydrogen-bond acceptors (Lipinski definition) is 6. The number of nitrogens with one attached hydrogen (secondary N) is 1. The summed E-state index contributed by atoms with van der Waals surface area (Å²) in [5.41, 5.74) is 4.94. The summed E-state index contributed by atoms with van der Waals surface area (Å²) in [7, 11) is 0. The molecule has 3 N–H and O–H groups in total. The molecule has 0 radical (unpaired) electrons. The Morgan fingerprint density at radius 1 is 1.53 bits per heavy atom. The number of nitrogen functional groups attached to an aromatic ring is 1. The van der Waals surface area contributed by atoms with Crippen LogP contribution in [0.4, 0.5) is 16.5 Å². The van der Waals surface area contributed by atoms with E-state index >= 15 is 0 Å². The number of halogens is 1. The number of carbonyl (C=O) groups excluding carboxylic acids is 1. The molecule has 1 aromatic carbocycles. The number of nitrogens with zero attached hydrogens (tertiary/aromatic N) is 2. The highest BCUT2D eigenvalue weighted by Gasteiger charge is 2.19. The Labute approximate surface area is 116 Å². The molecule has 0 saturated carbocycles. The van der Waals surface area contributed by atoms with Crippen molar-refractivity contribution < 1.29 is 9.72 Å². The summed E-state index contributed by atoms with van der Waals surface area (Å²) in [5.74, 6) is -0.542. The standard InChI is InChI=1S/C10H7ClN4O3S/c11-6-3-5(4-7(8(6)12)15(17)18)9(16)14-10-13-1-2-19-10/h1-4H,12H2,(H,13,14,16). The molecule has 0 aliphatic carbocycles. The number of amides is 1. The second-order valence-corrected chi connectivity index (χ2v) is 4.74. The predicted molar refractivity (Wildman–Crippen MR) is 72.6 cm³/mol. The first-order valence-corrected chi connectivity index (χ1v) is 6.19. The van der Waals surface area contributed by atoms with Crippen LogP contribution in [0.15, 0.2) is 23.7 Å². The topological polar surface area (TPSA) is 111 Å². The van der Waals surface area contributed by atoms with E-state index in [9.17, 15) is 14.9 Å². The van der Waals surface area contributed by atoms with Crippen LogP contribution in [0.3, 0.4) is 0 Å². The average Bonchev–Trinajstić information content (AvgIpc) is 2.84. The molecule has 1 aromatic heterocycles. The number of thiazole rings is 1. The number of carbonyl (C=O) groups is 1. The third-order valence-electron chi connectivity index (χ3n) is 2.22. The van der Waals surface area contributed by atoms with Crippen molar-refractivity contribution in [3.8, 4) is 0 Å². The van der Waals surface area contributed by atoms with Gasteiger partial charge in [-0.2, -0.15) is 0 Å². The zero-order valence-electron chi connectivity index (χ0n) is 9.29. The monoisotopic (exact) mass is 298 g/mol. The molecule has 0 saturated heterocycles. The largest absolute Gasteiger partial charge is 0.392 e. The van der Waals surface area contributed by atoms with Gasteiger partial charge >= 0.3 is 0 Å². The molecule has 2 aromatic rings. The average molecular weight is 299 g/mol. The van der Waals surface area contributed by atoms with Crippen LogP contribution >= 0.6 is 22.9 Å². The van der Waals surface area contributed by atoms with Crippen LogP contribution < -0.4 is 11.1 Å². The van der Waals surface area contributed by atoms with Crippen LogP contribution in [-0.2, 0) is 0 Å². The summed E-state index contributed by atoms with van der Waals surface area (Å²) in [6.45, 7) is 0. The molecule has 0 bridgehead atoms. The predicted octanol–water partition coefficient (Wildman–Crippen LogP) is 2.54. The second-order valence-electron chi connectivity index (χ2n) is 3.44. The third-order valence-corrected chi connectivity index (χ3v) is 3.22. The van der Waals surface area contributed by atoms with E-state index in [-0.39, 0.29) is 16.3 Å². The lowest BCUT2D eigenvalue weighted by molar-refractivity contribution is -0.383. The maximum absolute atomic E-state index is 11.9. The molecule has 0 atom stereocenters. The van der Waals surface area contributed by atoms with Crippen LogP contribution in [0, 0.1) is 10.1 Å². The lowest BCUT2D eigenvalue weighted by Crippen LogP contribution is -2.12. The van der Waals surface area contributed by atoms with Gasteiger partial charge in [-0.25, -0.2) is 4.98 Å². The molecule has 1 amide bonds. The zero-order chi connectivity index (χ0) is 14.0. The van der Waals surface area contributed by atoms with Crippen LogP contribution in [-0.4, -0.2) is 15.8 Å². The van der Waals surface area contributed by atoms with Gasteiger partial charge in [-0.3, -0.25) is 20.2 Å². The number of nitro benzene ring substituents is 1. The van der Waals surface area contributed by atoms with Gasteiger partial charge in [0.05, 0.1) is 9.95 Å². The molecule has 2 rings (SSSR count). The number of anilines is 2.